The molecule has 25 heavy (non-hydrogen) atoms. The van der Waals surface area contributed by atoms with E-state index >= 15 is 0 Å². The lowest BCUT2D eigenvalue weighted by molar-refractivity contribution is -0.123. The molecule has 0 heterocycles. The summed E-state index contributed by atoms with van der Waals surface area (Å²) in [6, 6.07) is 12.6. The van der Waals surface area contributed by atoms with E-state index in [1.54, 1.807) is 31.4 Å². The Labute approximate surface area is 152 Å². The van der Waals surface area contributed by atoms with Crippen LogP contribution in [0.1, 0.15) is 18.9 Å². The Morgan fingerprint density at radius 3 is 2.60 bits per heavy atom. The third-order valence-electron chi connectivity index (χ3n) is 3.37. The average molecular weight is 364 g/mol. The third-order valence-corrected chi connectivity index (χ3v) is 3.69. The lowest BCUT2D eigenvalue weighted by atomic mass is 10.2. The van der Waals surface area contributed by atoms with E-state index in [1.165, 1.54) is 0 Å². The van der Waals surface area contributed by atoms with Gasteiger partial charge in [0, 0.05) is 6.54 Å². The maximum atomic E-state index is 11.9. The predicted octanol–water partition coefficient (Wildman–Crippen LogP) is 3.83. The third kappa shape index (κ3) is 5.87. The molecule has 0 spiro atoms. The molecule has 2 rings (SSSR count). The fourth-order valence-electron chi connectivity index (χ4n) is 2.11. The van der Waals surface area contributed by atoms with Crippen molar-refractivity contribution in [3.8, 4) is 17.2 Å². The van der Waals surface area contributed by atoms with Gasteiger partial charge in [-0.05, 0) is 36.2 Å². The smallest absolute Gasteiger partial charge is 0.258 e. The molecular weight excluding hydrogens is 342 g/mol. The van der Waals surface area contributed by atoms with Gasteiger partial charge in [-0.25, -0.2) is 0 Å². The van der Waals surface area contributed by atoms with E-state index in [4.69, 9.17) is 25.8 Å². The second kappa shape index (κ2) is 9.79. The van der Waals surface area contributed by atoms with Gasteiger partial charge in [0.25, 0.3) is 5.91 Å². The van der Waals surface area contributed by atoms with E-state index in [0.29, 0.717) is 35.4 Å². The highest BCUT2D eigenvalue weighted by Gasteiger charge is 2.08. The van der Waals surface area contributed by atoms with Crippen LogP contribution >= 0.6 is 11.6 Å². The molecule has 0 aliphatic rings. The summed E-state index contributed by atoms with van der Waals surface area (Å²) in [5.41, 5.74) is 0.909. The van der Waals surface area contributed by atoms with Gasteiger partial charge in [-0.3, -0.25) is 4.79 Å². The van der Waals surface area contributed by atoms with E-state index in [2.05, 4.69) is 5.32 Å². The number of benzene rings is 2. The Kier molecular flexibility index (Phi) is 7.41. The second-order valence-corrected chi connectivity index (χ2v) is 5.74. The van der Waals surface area contributed by atoms with Gasteiger partial charge in [-0.1, -0.05) is 36.7 Å². The van der Waals surface area contributed by atoms with Gasteiger partial charge in [0.2, 0.25) is 0 Å². The number of nitrogens with one attached hydrogen (secondary N) is 1. The molecule has 5 nitrogen and oxygen atoms in total. The molecule has 0 aliphatic heterocycles. The van der Waals surface area contributed by atoms with Crippen molar-refractivity contribution in [2.24, 2.45) is 0 Å². The summed E-state index contributed by atoms with van der Waals surface area (Å²) in [6.45, 7) is 2.95. The average Bonchev–Trinajstić information content (AvgIpc) is 2.64. The van der Waals surface area contributed by atoms with Crippen molar-refractivity contribution in [3.05, 3.63) is 53.1 Å². The molecule has 0 aliphatic carbocycles. The van der Waals surface area contributed by atoms with Crippen LogP contribution in [0, 0.1) is 0 Å². The second-order valence-electron chi connectivity index (χ2n) is 5.33. The Morgan fingerprint density at radius 2 is 1.88 bits per heavy atom. The Bertz CT molecular complexity index is 706. The van der Waals surface area contributed by atoms with Crippen LogP contribution in [0.2, 0.25) is 5.02 Å². The minimum Gasteiger partial charge on any atom is -0.493 e. The number of rotatable bonds is 9. The van der Waals surface area contributed by atoms with Crippen molar-refractivity contribution in [2.45, 2.75) is 19.9 Å². The number of ether oxygens (including phenoxy) is 3. The Balaban J connectivity index is 1.85. The van der Waals surface area contributed by atoms with Crippen molar-refractivity contribution in [3.63, 3.8) is 0 Å². The molecule has 0 saturated carbocycles. The number of carbonyl (C=O) groups is 1. The van der Waals surface area contributed by atoms with Crippen LogP contribution in [0.25, 0.3) is 0 Å². The first-order valence-corrected chi connectivity index (χ1v) is 8.45. The number of methoxy groups -OCH3 is 1. The molecule has 2 aromatic rings. The maximum Gasteiger partial charge on any atom is 0.258 e. The summed E-state index contributed by atoms with van der Waals surface area (Å²) in [7, 11) is 1.59. The molecule has 0 atom stereocenters. The number of hydrogen-bond acceptors (Lipinski definition) is 4. The highest BCUT2D eigenvalue weighted by Crippen LogP contribution is 2.28. The monoisotopic (exact) mass is 363 g/mol. The predicted molar refractivity (Wildman–Crippen MR) is 97.6 cm³/mol. The number of hydrogen-bond donors (Lipinski definition) is 1. The molecule has 0 fully saturated rings. The van der Waals surface area contributed by atoms with Gasteiger partial charge in [0.05, 0.1) is 18.7 Å². The van der Waals surface area contributed by atoms with Crippen LogP contribution in [0.3, 0.4) is 0 Å². The summed E-state index contributed by atoms with van der Waals surface area (Å²) in [6.07, 6.45) is 0.923. The zero-order valence-electron chi connectivity index (χ0n) is 14.4. The van der Waals surface area contributed by atoms with Crippen LogP contribution in [0.15, 0.2) is 42.5 Å². The number of para-hydroxylation sites is 1. The normalized spacial score (nSPS) is 10.2. The number of halogens is 1. The van der Waals surface area contributed by atoms with Crippen molar-refractivity contribution >= 4 is 17.5 Å². The molecule has 0 unspecified atom stereocenters. The minimum atomic E-state index is -0.231. The number of carbonyl (C=O) groups excluding carboxylic acids is 1. The van der Waals surface area contributed by atoms with Gasteiger partial charge >= 0.3 is 0 Å². The summed E-state index contributed by atoms with van der Waals surface area (Å²) in [4.78, 5) is 11.9. The molecule has 1 N–H and O–H groups in total. The minimum absolute atomic E-state index is 0.0986. The lowest BCUT2D eigenvalue weighted by Crippen LogP contribution is -2.28. The largest absolute Gasteiger partial charge is 0.493 e. The molecule has 0 saturated heterocycles. The quantitative estimate of drug-likeness (QED) is 0.735. The molecule has 0 radical (unpaired) electrons. The molecule has 0 bridgehead atoms. The highest BCUT2D eigenvalue weighted by atomic mass is 35.5. The van der Waals surface area contributed by atoms with Gasteiger partial charge < -0.3 is 19.5 Å². The van der Waals surface area contributed by atoms with E-state index < -0.39 is 0 Å². The molecular formula is C19H22ClNO4. The Morgan fingerprint density at radius 1 is 1.08 bits per heavy atom. The van der Waals surface area contributed by atoms with Crippen LogP contribution in [0.5, 0.6) is 17.2 Å². The lowest BCUT2D eigenvalue weighted by Gasteiger charge is -2.12. The fraction of sp³-hybridized carbons (Fsp3) is 0.316. The van der Waals surface area contributed by atoms with E-state index in [0.717, 1.165) is 12.0 Å². The van der Waals surface area contributed by atoms with E-state index in [9.17, 15) is 4.79 Å². The molecule has 134 valence electrons. The summed E-state index contributed by atoms with van der Waals surface area (Å²) in [5, 5.41) is 3.27. The topological polar surface area (TPSA) is 56.8 Å². The molecule has 1 amide bonds. The van der Waals surface area contributed by atoms with Crippen molar-refractivity contribution in [1.82, 2.24) is 5.32 Å². The van der Waals surface area contributed by atoms with Crippen LogP contribution in [0.4, 0.5) is 0 Å². The van der Waals surface area contributed by atoms with Crippen LogP contribution in [-0.4, -0.2) is 26.2 Å². The number of amides is 1. The molecule has 6 heteroatoms. The Hall–Kier alpha value is -2.40. The first-order valence-electron chi connectivity index (χ1n) is 8.07. The zero-order chi connectivity index (χ0) is 18.1. The zero-order valence-corrected chi connectivity index (χ0v) is 15.1. The van der Waals surface area contributed by atoms with E-state index in [-0.39, 0.29) is 12.5 Å². The van der Waals surface area contributed by atoms with Crippen LogP contribution in [-0.2, 0) is 11.3 Å². The standard InChI is InChI=1S/C19H22ClNO4/c1-3-10-24-17-9-8-14(11-18(17)23-2)12-21-19(22)13-25-16-7-5-4-6-15(16)20/h4-9,11H,3,10,12-13H2,1-2H3,(H,21,22). The SMILES string of the molecule is CCCOc1ccc(CNC(=O)COc2ccccc2Cl)cc1OC. The van der Waals surface area contributed by atoms with E-state index in [1.807, 2.05) is 25.1 Å². The summed E-state index contributed by atoms with van der Waals surface area (Å²) >= 11 is 5.98. The molecule has 2 aromatic carbocycles. The maximum absolute atomic E-state index is 11.9. The van der Waals surface area contributed by atoms with Gasteiger partial charge in [0.15, 0.2) is 18.1 Å². The molecule has 0 aromatic heterocycles. The van der Waals surface area contributed by atoms with Gasteiger partial charge in [-0.2, -0.15) is 0 Å². The highest BCUT2D eigenvalue weighted by molar-refractivity contribution is 6.32. The van der Waals surface area contributed by atoms with Crippen molar-refractivity contribution in [1.29, 1.82) is 0 Å². The van der Waals surface area contributed by atoms with Gasteiger partial charge in [-0.15, -0.1) is 0 Å². The van der Waals surface area contributed by atoms with Crippen molar-refractivity contribution in [2.75, 3.05) is 20.3 Å². The first kappa shape index (κ1) is 18.9. The fourth-order valence-corrected chi connectivity index (χ4v) is 2.30. The summed E-state index contributed by atoms with van der Waals surface area (Å²) in [5.74, 6) is 1.60. The van der Waals surface area contributed by atoms with Crippen LogP contribution < -0.4 is 19.5 Å². The van der Waals surface area contributed by atoms with Crippen molar-refractivity contribution < 1.29 is 19.0 Å². The summed E-state index contributed by atoms with van der Waals surface area (Å²) < 4.78 is 16.3. The first-order chi connectivity index (χ1) is 12.1. The van der Waals surface area contributed by atoms with Gasteiger partial charge in [0.1, 0.15) is 5.75 Å².